The number of anilines is 1. The van der Waals surface area contributed by atoms with Crippen LogP contribution in [0, 0.1) is 0 Å². The standard InChI is InChI=1S/C17H13N7O/c25-17(16-10-19-24(22-16)15-4-2-1-3-5-15)21-13-6-8-14(9-7-13)23-12-18-11-20-23/h1-12H,(H,21,25). The molecular weight excluding hydrogens is 318 g/mol. The molecule has 122 valence electrons. The smallest absolute Gasteiger partial charge is 0.277 e. The quantitative estimate of drug-likeness (QED) is 0.618. The van der Waals surface area contributed by atoms with Crippen LogP contribution in [-0.2, 0) is 0 Å². The van der Waals surface area contributed by atoms with Gasteiger partial charge in [-0.25, -0.2) is 9.67 Å². The van der Waals surface area contributed by atoms with E-state index in [-0.39, 0.29) is 11.6 Å². The first-order chi connectivity index (χ1) is 12.3. The van der Waals surface area contributed by atoms with E-state index in [9.17, 15) is 4.79 Å². The first kappa shape index (κ1) is 14.8. The van der Waals surface area contributed by atoms with Gasteiger partial charge < -0.3 is 5.32 Å². The summed E-state index contributed by atoms with van der Waals surface area (Å²) in [4.78, 5) is 17.6. The molecule has 25 heavy (non-hydrogen) atoms. The third-order valence-corrected chi connectivity index (χ3v) is 3.52. The zero-order valence-corrected chi connectivity index (χ0v) is 13.0. The number of carbonyl (C=O) groups excluding carboxylic acids is 1. The molecule has 0 radical (unpaired) electrons. The monoisotopic (exact) mass is 331 g/mol. The van der Waals surface area contributed by atoms with Crippen LogP contribution in [0.3, 0.4) is 0 Å². The topological polar surface area (TPSA) is 90.5 Å². The van der Waals surface area contributed by atoms with Crippen molar-refractivity contribution >= 4 is 11.6 Å². The molecule has 8 nitrogen and oxygen atoms in total. The van der Waals surface area contributed by atoms with Crippen molar-refractivity contribution < 1.29 is 4.79 Å². The molecule has 0 atom stereocenters. The van der Waals surface area contributed by atoms with Gasteiger partial charge in [0.2, 0.25) is 0 Å². The van der Waals surface area contributed by atoms with Gasteiger partial charge in [0.15, 0.2) is 5.69 Å². The number of benzene rings is 2. The van der Waals surface area contributed by atoms with E-state index in [0.29, 0.717) is 5.69 Å². The molecule has 4 aromatic rings. The number of nitrogens with one attached hydrogen (secondary N) is 1. The molecule has 0 bridgehead atoms. The van der Waals surface area contributed by atoms with Gasteiger partial charge in [-0.1, -0.05) is 18.2 Å². The van der Waals surface area contributed by atoms with Gasteiger partial charge in [0.05, 0.1) is 17.6 Å². The molecule has 0 saturated carbocycles. The normalized spacial score (nSPS) is 10.6. The second-order valence-corrected chi connectivity index (χ2v) is 5.20. The van der Waals surface area contributed by atoms with Gasteiger partial charge in [-0.15, -0.1) is 5.10 Å². The summed E-state index contributed by atoms with van der Waals surface area (Å²) < 4.78 is 1.64. The average molecular weight is 331 g/mol. The lowest BCUT2D eigenvalue weighted by Gasteiger charge is -2.05. The van der Waals surface area contributed by atoms with Crippen molar-refractivity contribution in [2.24, 2.45) is 0 Å². The van der Waals surface area contributed by atoms with Gasteiger partial charge in [-0.3, -0.25) is 4.79 Å². The molecule has 0 saturated heterocycles. The zero-order chi connectivity index (χ0) is 17.1. The molecule has 1 N–H and O–H groups in total. The van der Waals surface area contributed by atoms with E-state index in [1.54, 1.807) is 23.1 Å². The first-order valence-corrected chi connectivity index (χ1v) is 7.54. The summed E-state index contributed by atoms with van der Waals surface area (Å²) in [7, 11) is 0. The van der Waals surface area contributed by atoms with Crippen molar-refractivity contribution in [3.63, 3.8) is 0 Å². The van der Waals surface area contributed by atoms with Crippen LogP contribution >= 0.6 is 0 Å². The lowest BCUT2D eigenvalue weighted by molar-refractivity contribution is 0.102. The van der Waals surface area contributed by atoms with E-state index in [2.05, 4.69) is 25.6 Å². The lowest BCUT2D eigenvalue weighted by Crippen LogP contribution is -2.13. The Balaban J connectivity index is 1.48. The molecule has 0 unspecified atom stereocenters. The van der Waals surface area contributed by atoms with Gasteiger partial charge >= 0.3 is 0 Å². The van der Waals surface area contributed by atoms with Gasteiger partial charge in [-0.2, -0.15) is 15.0 Å². The number of carbonyl (C=O) groups is 1. The number of para-hydroxylation sites is 1. The highest BCUT2D eigenvalue weighted by atomic mass is 16.2. The predicted octanol–water partition coefficient (Wildman–Crippen LogP) is 2.10. The number of nitrogens with zero attached hydrogens (tertiary/aromatic N) is 6. The van der Waals surface area contributed by atoms with Crippen molar-refractivity contribution in [3.05, 3.63) is 79.1 Å². The van der Waals surface area contributed by atoms with E-state index in [1.807, 2.05) is 42.5 Å². The molecule has 2 aromatic heterocycles. The maximum absolute atomic E-state index is 12.3. The highest BCUT2D eigenvalue weighted by molar-refractivity contribution is 6.02. The van der Waals surface area contributed by atoms with Crippen LogP contribution in [0.1, 0.15) is 10.5 Å². The number of rotatable bonds is 4. The summed E-state index contributed by atoms with van der Waals surface area (Å²) in [6, 6.07) is 16.7. The van der Waals surface area contributed by atoms with E-state index in [0.717, 1.165) is 11.4 Å². The second-order valence-electron chi connectivity index (χ2n) is 5.20. The molecule has 0 aliphatic heterocycles. The summed E-state index contributed by atoms with van der Waals surface area (Å²) in [6.07, 6.45) is 4.51. The molecule has 2 aromatic carbocycles. The fourth-order valence-electron chi connectivity index (χ4n) is 2.29. The minimum Gasteiger partial charge on any atom is -0.321 e. The predicted molar refractivity (Wildman–Crippen MR) is 90.7 cm³/mol. The van der Waals surface area contributed by atoms with Crippen LogP contribution in [0.4, 0.5) is 5.69 Å². The Morgan fingerprint density at radius 1 is 0.920 bits per heavy atom. The maximum atomic E-state index is 12.3. The van der Waals surface area contributed by atoms with Gasteiger partial charge in [-0.05, 0) is 36.4 Å². The maximum Gasteiger partial charge on any atom is 0.277 e. The first-order valence-electron chi connectivity index (χ1n) is 7.54. The Hall–Kier alpha value is -3.81. The van der Waals surface area contributed by atoms with Crippen LogP contribution in [0.15, 0.2) is 73.4 Å². The summed E-state index contributed by atoms with van der Waals surface area (Å²) in [5.41, 5.74) is 2.54. The van der Waals surface area contributed by atoms with Gasteiger partial charge in [0.25, 0.3) is 5.91 Å². The Labute approximate surface area is 142 Å². The summed E-state index contributed by atoms with van der Waals surface area (Å²) in [5, 5.41) is 15.2. The largest absolute Gasteiger partial charge is 0.321 e. The average Bonchev–Trinajstić information content (AvgIpc) is 3.35. The van der Waals surface area contributed by atoms with Crippen molar-refractivity contribution in [1.29, 1.82) is 0 Å². The highest BCUT2D eigenvalue weighted by Gasteiger charge is 2.12. The van der Waals surface area contributed by atoms with Crippen molar-refractivity contribution in [2.45, 2.75) is 0 Å². The van der Waals surface area contributed by atoms with Crippen LogP contribution in [0.25, 0.3) is 11.4 Å². The Morgan fingerprint density at radius 3 is 2.44 bits per heavy atom. The van der Waals surface area contributed by atoms with Gasteiger partial charge in [0, 0.05) is 5.69 Å². The Kier molecular flexibility index (Phi) is 3.76. The Bertz CT molecular complexity index is 976. The van der Waals surface area contributed by atoms with Crippen molar-refractivity contribution in [1.82, 2.24) is 29.8 Å². The molecule has 0 aliphatic carbocycles. The van der Waals surface area contributed by atoms with E-state index in [1.165, 1.54) is 17.3 Å². The molecular formula is C17H13N7O. The second kappa shape index (κ2) is 6.36. The molecule has 0 spiro atoms. The minimum atomic E-state index is -0.323. The molecule has 0 aliphatic rings. The van der Waals surface area contributed by atoms with E-state index >= 15 is 0 Å². The minimum absolute atomic E-state index is 0.240. The Morgan fingerprint density at radius 2 is 1.72 bits per heavy atom. The summed E-state index contributed by atoms with van der Waals surface area (Å²) in [6.45, 7) is 0. The highest BCUT2D eigenvalue weighted by Crippen LogP contribution is 2.13. The van der Waals surface area contributed by atoms with Crippen LogP contribution in [-0.4, -0.2) is 35.7 Å². The number of hydrogen-bond donors (Lipinski definition) is 1. The van der Waals surface area contributed by atoms with Crippen molar-refractivity contribution in [2.75, 3.05) is 5.32 Å². The van der Waals surface area contributed by atoms with Crippen molar-refractivity contribution in [3.8, 4) is 11.4 Å². The van der Waals surface area contributed by atoms with E-state index in [4.69, 9.17) is 0 Å². The third kappa shape index (κ3) is 3.13. The van der Waals surface area contributed by atoms with Crippen LogP contribution in [0.2, 0.25) is 0 Å². The lowest BCUT2D eigenvalue weighted by atomic mass is 10.2. The van der Waals surface area contributed by atoms with E-state index < -0.39 is 0 Å². The van der Waals surface area contributed by atoms with Crippen LogP contribution < -0.4 is 5.32 Å². The zero-order valence-electron chi connectivity index (χ0n) is 13.0. The van der Waals surface area contributed by atoms with Crippen LogP contribution in [0.5, 0.6) is 0 Å². The number of amides is 1. The molecule has 8 heteroatoms. The van der Waals surface area contributed by atoms with Gasteiger partial charge in [0.1, 0.15) is 12.7 Å². The SMILES string of the molecule is O=C(Nc1ccc(-n2cncn2)cc1)c1cnn(-c2ccccc2)n1. The molecule has 1 amide bonds. The fraction of sp³-hybridized carbons (Fsp3) is 0. The summed E-state index contributed by atoms with van der Waals surface area (Å²) in [5.74, 6) is -0.323. The third-order valence-electron chi connectivity index (χ3n) is 3.52. The number of aromatic nitrogens is 6. The summed E-state index contributed by atoms with van der Waals surface area (Å²) >= 11 is 0. The molecule has 0 fully saturated rings. The molecule has 4 rings (SSSR count). The number of hydrogen-bond acceptors (Lipinski definition) is 5. The molecule has 2 heterocycles. The fourth-order valence-corrected chi connectivity index (χ4v) is 2.29.